The molecule has 2 atom stereocenters. The number of hydrogen-bond donors (Lipinski definition) is 1. The Kier molecular flexibility index (Phi) is 10.9. The second kappa shape index (κ2) is 14.6. The first-order valence-electron chi connectivity index (χ1n) is 15.2. The summed E-state index contributed by atoms with van der Waals surface area (Å²) in [5, 5.41) is 7.48. The predicted octanol–water partition coefficient (Wildman–Crippen LogP) is 4.38. The number of benzene rings is 1. The molecule has 1 aromatic heterocycles. The second-order valence-corrected chi connectivity index (χ2v) is 12.3. The maximum atomic E-state index is 14.3. The number of nitrogens with zero attached hydrogens (tertiary/aromatic N) is 4. The van der Waals surface area contributed by atoms with Crippen LogP contribution >= 0.6 is 0 Å². The van der Waals surface area contributed by atoms with Gasteiger partial charge in [-0.05, 0) is 58.6 Å². The van der Waals surface area contributed by atoms with Gasteiger partial charge in [0, 0.05) is 32.2 Å². The molecule has 3 amide bonds. The highest BCUT2D eigenvalue weighted by Crippen LogP contribution is 2.36. The molecule has 2 fully saturated rings. The van der Waals surface area contributed by atoms with E-state index in [0.717, 1.165) is 18.5 Å². The van der Waals surface area contributed by atoms with Crippen molar-refractivity contribution >= 4 is 17.9 Å². The SMILES string of the molecule is C=CCOCC1(C(=O)N2CCCC2CNC(=O)c2nn(-c3ccccc3)cc2OCC=C)CCCN(C(=O)OC(C)(C)C)C1. The lowest BCUT2D eigenvalue weighted by Gasteiger charge is -2.44. The number of para-hydroxylation sites is 1. The molecule has 2 aromatic rings. The van der Waals surface area contributed by atoms with Gasteiger partial charge in [0.1, 0.15) is 12.2 Å². The molecule has 0 aliphatic carbocycles. The van der Waals surface area contributed by atoms with Crippen LogP contribution in [0.3, 0.4) is 0 Å². The summed E-state index contributed by atoms with van der Waals surface area (Å²) in [6, 6.07) is 9.24. The number of amides is 3. The van der Waals surface area contributed by atoms with Crippen LogP contribution < -0.4 is 10.1 Å². The molecule has 2 aliphatic heterocycles. The molecule has 2 aliphatic rings. The van der Waals surface area contributed by atoms with E-state index in [1.165, 1.54) is 0 Å². The number of hydrogen-bond acceptors (Lipinski definition) is 7. The lowest BCUT2D eigenvalue weighted by Crippen LogP contribution is -2.58. The molecule has 0 spiro atoms. The number of nitrogens with one attached hydrogen (secondary N) is 1. The van der Waals surface area contributed by atoms with E-state index in [2.05, 4.69) is 23.6 Å². The zero-order valence-electron chi connectivity index (χ0n) is 26.1. The molecule has 0 radical (unpaired) electrons. The minimum absolute atomic E-state index is 0.0741. The molecule has 0 saturated carbocycles. The van der Waals surface area contributed by atoms with Gasteiger partial charge in [-0.3, -0.25) is 9.59 Å². The van der Waals surface area contributed by atoms with Crippen molar-refractivity contribution in [2.75, 3.05) is 46.0 Å². The second-order valence-electron chi connectivity index (χ2n) is 12.3. The van der Waals surface area contributed by atoms with E-state index in [1.807, 2.05) is 56.0 Å². The van der Waals surface area contributed by atoms with Gasteiger partial charge in [-0.1, -0.05) is 36.9 Å². The first-order valence-corrected chi connectivity index (χ1v) is 15.2. The summed E-state index contributed by atoms with van der Waals surface area (Å²) in [6.45, 7) is 15.1. The molecule has 1 aromatic carbocycles. The number of piperidine rings is 1. The van der Waals surface area contributed by atoms with Crippen LogP contribution in [0.15, 0.2) is 61.8 Å². The Morgan fingerprint density at radius 1 is 1.09 bits per heavy atom. The lowest BCUT2D eigenvalue weighted by molar-refractivity contribution is -0.150. The van der Waals surface area contributed by atoms with Gasteiger partial charge in [-0.2, -0.15) is 5.10 Å². The molecular formula is C33H45N5O6. The summed E-state index contributed by atoms with van der Waals surface area (Å²) in [5.74, 6) is -0.126. The van der Waals surface area contributed by atoms with Crippen LogP contribution in [0.4, 0.5) is 4.79 Å². The van der Waals surface area contributed by atoms with Gasteiger partial charge in [0.15, 0.2) is 11.4 Å². The van der Waals surface area contributed by atoms with E-state index in [9.17, 15) is 14.4 Å². The zero-order valence-corrected chi connectivity index (χ0v) is 26.1. The molecule has 2 saturated heterocycles. The number of carbonyl (C=O) groups excluding carboxylic acids is 3. The van der Waals surface area contributed by atoms with Crippen molar-refractivity contribution in [2.24, 2.45) is 5.41 Å². The molecule has 238 valence electrons. The van der Waals surface area contributed by atoms with Crippen molar-refractivity contribution < 1.29 is 28.6 Å². The van der Waals surface area contributed by atoms with E-state index < -0.39 is 23.0 Å². The quantitative estimate of drug-likeness (QED) is 0.281. The van der Waals surface area contributed by atoms with Crippen molar-refractivity contribution in [3.05, 3.63) is 67.5 Å². The molecule has 2 unspecified atom stereocenters. The summed E-state index contributed by atoms with van der Waals surface area (Å²) in [4.78, 5) is 44.2. The van der Waals surface area contributed by atoms with Crippen LogP contribution in [-0.4, -0.2) is 95.1 Å². The zero-order chi connectivity index (χ0) is 31.7. The Morgan fingerprint density at radius 2 is 1.84 bits per heavy atom. The van der Waals surface area contributed by atoms with Crippen LogP contribution in [-0.2, 0) is 14.3 Å². The van der Waals surface area contributed by atoms with Gasteiger partial charge in [0.25, 0.3) is 5.91 Å². The highest BCUT2D eigenvalue weighted by atomic mass is 16.6. The molecule has 11 nitrogen and oxygen atoms in total. The Balaban J connectivity index is 1.49. The number of carbonyl (C=O) groups is 3. The monoisotopic (exact) mass is 607 g/mol. The number of rotatable bonds is 12. The normalized spacial score (nSPS) is 20.2. The van der Waals surface area contributed by atoms with Crippen molar-refractivity contribution in [3.63, 3.8) is 0 Å². The van der Waals surface area contributed by atoms with Crippen LogP contribution in [0.2, 0.25) is 0 Å². The molecule has 3 heterocycles. The van der Waals surface area contributed by atoms with Crippen molar-refractivity contribution in [3.8, 4) is 11.4 Å². The summed E-state index contributed by atoms with van der Waals surface area (Å²) in [6.07, 6.45) is 7.26. The lowest BCUT2D eigenvalue weighted by atomic mass is 9.79. The van der Waals surface area contributed by atoms with Crippen LogP contribution in [0.5, 0.6) is 5.75 Å². The van der Waals surface area contributed by atoms with Gasteiger partial charge >= 0.3 is 6.09 Å². The van der Waals surface area contributed by atoms with Gasteiger partial charge in [0.05, 0.1) is 30.5 Å². The number of likely N-dealkylation sites (tertiary alicyclic amines) is 2. The molecule has 1 N–H and O–H groups in total. The first kappa shape index (κ1) is 32.8. The first-order chi connectivity index (χ1) is 21.1. The smallest absolute Gasteiger partial charge is 0.410 e. The average Bonchev–Trinajstić information content (AvgIpc) is 3.66. The summed E-state index contributed by atoms with van der Waals surface area (Å²) < 4.78 is 18.8. The third-order valence-electron chi connectivity index (χ3n) is 7.71. The molecule has 0 bridgehead atoms. The fourth-order valence-corrected chi connectivity index (χ4v) is 5.70. The van der Waals surface area contributed by atoms with E-state index in [0.29, 0.717) is 38.3 Å². The van der Waals surface area contributed by atoms with Gasteiger partial charge in [-0.15, -0.1) is 6.58 Å². The van der Waals surface area contributed by atoms with E-state index >= 15 is 0 Å². The van der Waals surface area contributed by atoms with Crippen molar-refractivity contribution in [2.45, 2.75) is 58.1 Å². The average molecular weight is 608 g/mol. The van der Waals surface area contributed by atoms with Crippen LogP contribution in [0, 0.1) is 5.41 Å². The minimum Gasteiger partial charge on any atom is -0.485 e. The third kappa shape index (κ3) is 8.07. The highest BCUT2D eigenvalue weighted by Gasteiger charge is 2.48. The molecule has 44 heavy (non-hydrogen) atoms. The van der Waals surface area contributed by atoms with E-state index in [1.54, 1.807) is 27.9 Å². The fourth-order valence-electron chi connectivity index (χ4n) is 5.70. The third-order valence-corrected chi connectivity index (χ3v) is 7.71. The Hall–Kier alpha value is -4.12. The van der Waals surface area contributed by atoms with Crippen LogP contribution in [0.1, 0.15) is 56.9 Å². The molecule has 4 rings (SSSR count). The molecular weight excluding hydrogens is 562 g/mol. The largest absolute Gasteiger partial charge is 0.485 e. The highest BCUT2D eigenvalue weighted by molar-refractivity contribution is 5.95. The van der Waals surface area contributed by atoms with E-state index in [4.69, 9.17) is 14.2 Å². The number of aromatic nitrogens is 2. The van der Waals surface area contributed by atoms with Gasteiger partial charge in [-0.25, -0.2) is 9.48 Å². The van der Waals surface area contributed by atoms with Crippen LogP contribution in [0.25, 0.3) is 5.69 Å². The Labute approximate surface area is 259 Å². The van der Waals surface area contributed by atoms with E-state index in [-0.39, 0.29) is 43.9 Å². The molecule has 11 heteroatoms. The van der Waals surface area contributed by atoms with Crippen molar-refractivity contribution in [1.29, 1.82) is 0 Å². The summed E-state index contributed by atoms with van der Waals surface area (Å²) in [7, 11) is 0. The predicted molar refractivity (Wildman–Crippen MR) is 167 cm³/mol. The topological polar surface area (TPSA) is 115 Å². The minimum atomic E-state index is -0.926. The van der Waals surface area contributed by atoms with Gasteiger partial charge < -0.3 is 29.3 Å². The Morgan fingerprint density at radius 3 is 2.55 bits per heavy atom. The Bertz CT molecular complexity index is 1320. The summed E-state index contributed by atoms with van der Waals surface area (Å²) in [5.41, 5.74) is -0.627. The maximum Gasteiger partial charge on any atom is 0.410 e. The summed E-state index contributed by atoms with van der Waals surface area (Å²) >= 11 is 0. The van der Waals surface area contributed by atoms with Crippen molar-refractivity contribution in [1.82, 2.24) is 24.9 Å². The fraction of sp³-hybridized carbons (Fsp3) is 0.515. The maximum absolute atomic E-state index is 14.3. The van der Waals surface area contributed by atoms with Gasteiger partial charge in [0.2, 0.25) is 5.91 Å². The standard InChI is InChI=1S/C33H45N5O6/c1-6-19-42-24-33(16-12-17-36(23-33)31(41)44-32(3,4)5)30(40)37-18-11-15-26(37)21-34-29(39)28-27(43-20-7-2)22-38(35-28)25-13-9-8-10-14-25/h6-10,13-14,22,26H,1-2,11-12,15-21,23-24H2,3-5H3,(H,34,39). The number of ether oxygens (including phenoxy) is 3.